The fraction of sp³-hybridized carbons (Fsp3) is 0.200. The van der Waals surface area contributed by atoms with E-state index in [1.807, 2.05) is 31.2 Å². The number of rotatable bonds is 3. The van der Waals surface area contributed by atoms with Crippen LogP contribution < -0.4 is 10.6 Å². The minimum Gasteiger partial charge on any atom is -0.349 e. The second kappa shape index (κ2) is 6.53. The molecular weight excluding hydrogens is 312 g/mol. The van der Waals surface area contributed by atoms with E-state index >= 15 is 0 Å². The van der Waals surface area contributed by atoms with E-state index in [0.29, 0.717) is 5.69 Å². The molecule has 0 unspecified atom stereocenters. The lowest BCUT2D eigenvalue weighted by Gasteiger charge is -2.14. The first-order valence-corrected chi connectivity index (χ1v) is 8.46. The van der Waals surface area contributed by atoms with Crippen molar-refractivity contribution in [2.75, 3.05) is 18.4 Å². The normalized spacial score (nSPS) is 14.4. The van der Waals surface area contributed by atoms with Crippen LogP contribution in [0.2, 0.25) is 0 Å². The predicted molar refractivity (Wildman–Crippen MR) is 101 cm³/mol. The number of fused-ring (bicyclic) bond motifs is 1. The Kier molecular flexibility index (Phi) is 4.07. The van der Waals surface area contributed by atoms with Gasteiger partial charge >= 0.3 is 0 Å². The number of aryl methyl sites for hydroxylation is 1. The Bertz CT molecular complexity index is 953. The second-order valence-corrected chi connectivity index (χ2v) is 6.26. The number of aromatic nitrogens is 2. The van der Waals surface area contributed by atoms with Gasteiger partial charge in [0, 0.05) is 23.8 Å². The summed E-state index contributed by atoms with van der Waals surface area (Å²) in [5.74, 6) is -0.149. The summed E-state index contributed by atoms with van der Waals surface area (Å²) in [6.45, 7) is 3.86. The lowest BCUT2D eigenvalue weighted by molar-refractivity contribution is 0.102. The molecule has 2 aromatic heterocycles. The Morgan fingerprint density at radius 1 is 1.20 bits per heavy atom. The highest BCUT2D eigenvalue weighted by atomic mass is 16.1. The molecule has 0 radical (unpaired) electrons. The summed E-state index contributed by atoms with van der Waals surface area (Å²) in [7, 11) is 0. The molecule has 1 amide bonds. The van der Waals surface area contributed by atoms with Crippen molar-refractivity contribution in [1.29, 1.82) is 0 Å². The number of anilines is 1. The number of H-pyrrole nitrogens is 1. The van der Waals surface area contributed by atoms with E-state index in [0.717, 1.165) is 41.8 Å². The van der Waals surface area contributed by atoms with Gasteiger partial charge in [0.2, 0.25) is 0 Å². The molecule has 126 valence electrons. The zero-order valence-electron chi connectivity index (χ0n) is 14.1. The number of carbonyl (C=O) groups is 1. The fourth-order valence-corrected chi connectivity index (χ4v) is 3.17. The largest absolute Gasteiger partial charge is 0.349 e. The first kappa shape index (κ1) is 15.6. The summed E-state index contributed by atoms with van der Waals surface area (Å²) in [6, 6.07) is 11.8. The van der Waals surface area contributed by atoms with Crippen LogP contribution in [-0.4, -0.2) is 29.0 Å². The van der Waals surface area contributed by atoms with Gasteiger partial charge in [-0.25, -0.2) is 0 Å². The molecule has 0 saturated carbocycles. The molecule has 0 fully saturated rings. The molecule has 4 rings (SSSR count). The average Bonchev–Trinajstić information content (AvgIpc) is 3.09. The lowest BCUT2D eigenvalue weighted by Crippen LogP contribution is -2.20. The summed E-state index contributed by atoms with van der Waals surface area (Å²) in [5.41, 5.74) is 5.69. The van der Waals surface area contributed by atoms with Gasteiger partial charge in [0.25, 0.3) is 5.91 Å². The molecule has 0 aliphatic carbocycles. The zero-order chi connectivity index (χ0) is 17.2. The molecule has 5 heteroatoms. The molecule has 5 nitrogen and oxygen atoms in total. The van der Waals surface area contributed by atoms with Gasteiger partial charge in [0.15, 0.2) is 0 Å². The summed E-state index contributed by atoms with van der Waals surface area (Å²) >= 11 is 0. The van der Waals surface area contributed by atoms with Crippen LogP contribution in [0.5, 0.6) is 0 Å². The van der Waals surface area contributed by atoms with Crippen molar-refractivity contribution in [2.45, 2.75) is 13.3 Å². The third kappa shape index (κ3) is 3.19. The van der Waals surface area contributed by atoms with Crippen LogP contribution in [0.4, 0.5) is 5.69 Å². The van der Waals surface area contributed by atoms with E-state index < -0.39 is 0 Å². The molecule has 3 heterocycles. The van der Waals surface area contributed by atoms with Crippen molar-refractivity contribution in [3.8, 4) is 0 Å². The van der Waals surface area contributed by atoms with Gasteiger partial charge in [-0.3, -0.25) is 9.78 Å². The van der Waals surface area contributed by atoms with Crippen LogP contribution in [0.3, 0.4) is 0 Å². The SMILES string of the molecule is Cc1nccc2cc(C(=O)Nc3ccc(C4=CCNCC4)cc3)[nH]c12. The number of pyridine rings is 1. The Morgan fingerprint density at radius 3 is 2.76 bits per heavy atom. The summed E-state index contributed by atoms with van der Waals surface area (Å²) in [6.07, 6.45) is 5.01. The monoisotopic (exact) mass is 332 g/mol. The molecule has 0 spiro atoms. The number of aromatic amines is 1. The van der Waals surface area contributed by atoms with Gasteiger partial charge in [-0.05, 0) is 55.3 Å². The minimum atomic E-state index is -0.149. The molecule has 1 aliphatic rings. The van der Waals surface area contributed by atoms with Crippen molar-refractivity contribution < 1.29 is 4.79 Å². The summed E-state index contributed by atoms with van der Waals surface area (Å²) in [5, 5.41) is 7.25. The van der Waals surface area contributed by atoms with Gasteiger partial charge in [-0.1, -0.05) is 18.2 Å². The number of nitrogens with zero attached hydrogens (tertiary/aromatic N) is 1. The van der Waals surface area contributed by atoms with E-state index in [-0.39, 0.29) is 5.91 Å². The number of hydrogen-bond acceptors (Lipinski definition) is 3. The standard InChI is InChI=1S/C20H20N4O/c1-13-19-16(8-11-22-13)12-18(24-19)20(25)23-17-4-2-14(3-5-17)15-6-9-21-10-7-15/h2-6,8,11-12,21,24H,7,9-10H2,1H3,(H,23,25). The highest BCUT2D eigenvalue weighted by molar-refractivity contribution is 6.06. The zero-order valence-corrected chi connectivity index (χ0v) is 14.1. The van der Waals surface area contributed by atoms with E-state index in [4.69, 9.17) is 0 Å². The third-order valence-electron chi connectivity index (χ3n) is 4.55. The highest BCUT2D eigenvalue weighted by Crippen LogP contribution is 2.22. The molecule has 1 aromatic carbocycles. The van der Waals surface area contributed by atoms with Crippen molar-refractivity contribution in [2.24, 2.45) is 0 Å². The van der Waals surface area contributed by atoms with Gasteiger partial charge < -0.3 is 15.6 Å². The summed E-state index contributed by atoms with van der Waals surface area (Å²) in [4.78, 5) is 19.9. The Balaban J connectivity index is 1.51. The van der Waals surface area contributed by atoms with E-state index in [9.17, 15) is 4.79 Å². The van der Waals surface area contributed by atoms with Gasteiger partial charge in [0.05, 0.1) is 11.2 Å². The van der Waals surface area contributed by atoms with Crippen LogP contribution in [0, 0.1) is 6.92 Å². The molecule has 3 N–H and O–H groups in total. The smallest absolute Gasteiger partial charge is 0.272 e. The number of hydrogen-bond donors (Lipinski definition) is 3. The first-order chi connectivity index (χ1) is 12.2. The minimum absolute atomic E-state index is 0.149. The average molecular weight is 332 g/mol. The second-order valence-electron chi connectivity index (χ2n) is 6.26. The van der Waals surface area contributed by atoms with Gasteiger partial charge in [0.1, 0.15) is 5.69 Å². The predicted octanol–water partition coefficient (Wildman–Crippen LogP) is 3.50. The first-order valence-electron chi connectivity index (χ1n) is 8.46. The molecule has 0 bridgehead atoms. The van der Waals surface area contributed by atoms with Crippen molar-refractivity contribution in [3.05, 3.63) is 65.6 Å². The number of nitrogens with one attached hydrogen (secondary N) is 3. The van der Waals surface area contributed by atoms with E-state index in [1.54, 1.807) is 6.20 Å². The maximum atomic E-state index is 12.5. The molecule has 25 heavy (non-hydrogen) atoms. The molecule has 3 aromatic rings. The van der Waals surface area contributed by atoms with Crippen molar-refractivity contribution in [1.82, 2.24) is 15.3 Å². The van der Waals surface area contributed by atoms with Crippen molar-refractivity contribution in [3.63, 3.8) is 0 Å². The molecule has 0 atom stereocenters. The molecule has 0 saturated heterocycles. The number of amides is 1. The molecular formula is C20H20N4O. The van der Waals surface area contributed by atoms with Crippen LogP contribution in [0.25, 0.3) is 16.5 Å². The van der Waals surface area contributed by atoms with E-state index in [1.165, 1.54) is 11.1 Å². The van der Waals surface area contributed by atoms with Gasteiger partial charge in [-0.2, -0.15) is 0 Å². The van der Waals surface area contributed by atoms with E-state index in [2.05, 4.69) is 38.8 Å². The molecule has 1 aliphatic heterocycles. The number of carbonyl (C=O) groups excluding carboxylic acids is 1. The van der Waals surface area contributed by atoms with Crippen LogP contribution >= 0.6 is 0 Å². The maximum absolute atomic E-state index is 12.5. The Labute approximate surface area is 146 Å². The van der Waals surface area contributed by atoms with Gasteiger partial charge in [-0.15, -0.1) is 0 Å². The van der Waals surface area contributed by atoms with Crippen LogP contribution in [-0.2, 0) is 0 Å². The quantitative estimate of drug-likeness (QED) is 0.687. The topological polar surface area (TPSA) is 69.8 Å². The maximum Gasteiger partial charge on any atom is 0.272 e. The lowest BCUT2D eigenvalue weighted by atomic mass is 10.0. The Hall–Kier alpha value is -2.92. The van der Waals surface area contributed by atoms with Crippen LogP contribution in [0.15, 0.2) is 48.7 Å². The third-order valence-corrected chi connectivity index (χ3v) is 4.55. The summed E-state index contributed by atoms with van der Waals surface area (Å²) < 4.78 is 0. The fourth-order valence-electron chi connectivity index (χ4n) is 3.17. The van der Waals surface area contributed by atoms with Crippen molar-refractivity contribution >= 4 is 28.1 Å². The number of benzene rings is 1. The Morgan fingerprint density at radius 2 is 2.04 bits per heavy atom. The van der Waals surface area contributed by atoms with Crippen LogP contribution in [0.1, 0.15) is 28.2 Å². The highest BCUT2D eigenvalue weighted by Gasteiger charge is 2.12.